The van der Waals surface area contributed by atoms with Crippen LogP contribution in [0.4, 0.5) is 20.6 Å². The van der Waals surface area contributed by atoms with E-state index < -0.39 is 23.6 Å². The average Bonchev–Trinajstić information content (AvgIpc) is 3.57. The Balaban J connectivity index is 1.43. The molecule has 2 N–H and O–H groups in total. The minimum atomic E-state index is -0.821. The second-order valence-corrected chi connectivity index (χ2v) is 11.1. The van der Waals surface area contributed by atoms with Crippen LogP contribution in [0.2, 0.25) is 0 Å². The molecule has 0 saturated carbocycles. The Bertz CT molecular complexity index is 1150. The van der Waals surface area contributed by atoms with Crippen molar-refractivity contribution in [3.63, 3.8) is 0 Å². The van der Waals surface area contributed by atoms with Crippen molar-refractivity contribution < 1.29 is 23.5 Å². The van der Waals surface area contributed by atoms with E-state index in [2.05, 4.69) is 15.5 Å². The van der Waals surface area contributed by atoms with E-state index in [9.17, 15) is 18.8 Å². The first-order valence-electron chi connectivity index (χ1n) is 13.2. The molecular formula is C29H37FN4O4. The van der Waals surface area contributed by atoms with Gasteiger partial charge in [0.2, 0.25) is 11.8 Å². The number of carbonyl (C=O) groups is 3. The molecule has 2 fully saturated rings. The first-order valence-corrected chi connectivity index (χ1v) is 13.2. The predicted molar refractivity (Wildman–Crippen MR) is 144 cm³/mol. The number of alkyl carbamates (subject to hydrolysis) is 1. The van der Waals surface area contributed by atoms with Crippen molar-refractivity contribution in [3.05, 3.63) is 59.9 Å². The average molecular weight is 525 g/mol. The van der Waals surface area contributed by atoms with Gasteiger partial charge >= 0.3 is 6.09 Å². The van der Waals surface area contributed by atoms with Gasteiger partial charge in [-0.2, -0.15) is 0 Å². The molecule has 2 aliphatic heterocycles. The number of hydrogen-bond acceptors (Lipinski definition) is 5. The van der Waals surface area contributed by atoms with Gasteiger partial charge in [-0.15, -0.1) is 0 Å². The Morgan fingerprint density at radius 1 is 0.974 bits per heavy atom. The molecular weight excluding hydrogens is 487 g/mol. The summed E-state index contributed by atoms with van der Waals surface area (Å²) < 4.78 is 18.1. The van der Waals surface area contributed by atoms with Crippen LogP contribution < -0.4 is 15.5 Å². The van der Waals surface area contributed by atoms with Gasteiger partial charge in [-0.1, -0.05) is 32.9 Å². The Hall–Kier alpha value is -3.62. The fourth-order valence-electron chi connectivity index (χ4n) is 5.36. The molecule has 2 aromatic rings. The van der Waals surface area contributed by atoms with E-state index in [0.717, 1.165) is 30.6 Å². The van der Waals surface area contributed by atoms with E-state index in [1.54, 1.807) is 4.90 Å². The number of halogens is 1. The molecule has 0 bridgehead atoms. The SMILES string of the molecule is COC(=O)N[C@H](C(=O)N1CCC[C@H]1C(=O)Nc1ccc([C@H]2CCCN2c2ccc(F)cc2)cc1)C(C)(C)C. The highest BCUT2D eigenvalue weighted by atomic mass is 19.1. The number of ether oxygens (including phenoxy) is 1. The lowest BCUT2D eigenvalue weighted by atomic mass is 9.85. The maximum Gasteiger partial charge on any atom is 0.407 e. The molecule has 2 aliphatic rings. The molecule has 204 valence electrons. The molecule has 8 nitrogen and oxygen atoms in total. The molecule has 0 radical (unpaired) electrons. The highest BCUT2D eigenvalue weighted by Crippen LogP contribution is 2.36. The summed E-state index contributed by atoms with van der Waals surface area (Å²) in [5.74, 6) is -0.790. The molecule has 2 saturated heterocycles. The van der Waals surface area contributed by atoms with Gasteiger partial charge in [0.15, 0.2) is 0 Å². The lowest BCUT2D eigenvalue weighted by molar-refractivity contribution is -0.140. The number of amides is 3. The third-order valence-corrected chi connectivity index (χ3v) is 7.37. The zero-order valence-corrected chi connectivity index (χ0v) is 22.5. The van der Waals surface area contributed by atoms with E-state index in [4.69, 9.17) is 4.74 Å². The quantitative estimate of drug-likeness (QED) is 0.563. The van der Waals surface area contributed by atoms with E-state index in [0.29, 0.717) is 25.1 Å². The van der Waals surface area contributed by atoms with Crippen LogP contribution in [0.5, 0.6) is 0 Å². The molecule has 0 spiro atoms. The van der Waals surface area contributed by atoms with Crippen molar-refractivity contribution in [2.75, 3.05) is 30.4 Å². The van der Waals surface area contributed by atoms with Crippen LogP contribution in [0.3, 0.4) is 0 Å². The van der Waals surface area contributed by atoms with Crippen LogP contribution in [-0.2, 0) is 14.3 Å². The number of likely N-dealkylation sites (tertiary alicyclic amines) is 1. The summed E-state index contributed by atoms with van der Waals surface area (Å²) in [5, 5.41) is 5.60. The van der Waals surface area contributed by atoms with Gasteiger partial charge in [-0.3, -0.25) is 9.59 Å². The maximum absolute atomic E-state index is 13.4. The smallest absolute Gasteiger partial charge is 0.407 e. The van der Waals surface area contributed by atoms with Gasteiger partial charge in [-0.05, 0) is 73.1 Å². The molecule has 0 aliphatic carbocycles. The van der Waals surface area contributed by atoms with E-state index >= 15 is 0 Å². The summed E-state index contributed by atoms with van der Waals surface area (Å²) in [6.45, 7) is 6.94. The monoisotopic (exact) mass is 524 g/mol. The van der Waals surface area contributed by atoms with Crippen molar-refractivity contribution in [2.45, 2.75) is 64.6 Å². The summed E-state index contributed by atoms with van der Waals surface area (Å²) in [6, 6.07) is 13.1. The molecule has 9 heteroatoms. The fraction of sp³-hybridized carbons (Fsp3) is 0.483. The van der Waals surface area contributed by atoms with Crippen LogP contribution in [0.1, 0.15) is 58.1 Å². The number of carbonyl (C=O) groups excluding carboxylic acids is 3. The van der Waals surface area contributed by atoms with Crippen LogP contribution in [0.25, 0.3) is 0 Å². The van der Waals surface area contributed by atoms with Crippen LogP contribution in [-0.4, -0.2) is 55.1 Å². The predicted octanol–water partition coefficient (Wildman–Crippen LogP) is 4.87. The molecule has 0 unspecified atom stereocenters. The van der Waals surface area contributed by atoms with Gasteiger partial charge in [-0.25, -0.2) is 9.18 Å². The van der Waals surface area contributed by atoms with Gasteiger partial charge in [0.1, 0.15) is 17.9 Å². The van der Waals surface area contributed by atoms with Gasteiger partial charge in [0.05, 0.1) is 13.2 Å². The number of rotatable bonds is 6. The molecule has 38 heavy (non-hydrogen) atoms. The first-order chi connectivity index (χ1) is 18.1. The second kappa shape index (κ2) is 11.4. The molecule has 2 aromatic carbocycles. The lowest BCUT2D eigenvalue weighted by Crippen LogP contribution is -2.57. The summed E-state index contributed by atoms with van der Waals surface area (Å²) >= 11 is 0. The molecule has 3 atom stereocenters. The lowest BCUT2D eigenvalue weighted by Gasteiger charge is -2.35. The largest absolute Gasteiger partial charge is 0.453 e. The summed E-state index contributed by atoms with van der Waals surface area (Å²) in [7, 11) is 1.25. The van der Waals surface area contributed by atoms with Crippen molar-refractivity contribution >= 4 is 29.3 Å². The third kappa shape index (κ3) is 6.09. The number of nitrogens with zero attached hydrogens (tertiary/aromatic N) is 2. The Labute approximate surface area is 223 Å². The molecule has 4 rings (SSSR count). The zero-order chi connectivity index (χ0) is 27.4. The van der Waals surface area contributed by atoms with Gasteiger partial charge in [0.25, 0.3) is 0 Å². The van der Waals surface area contributed by atoms with Crippen molar-refractivity contribution in [1.29, 1.82) is 0 Å². The number of benzene rings is 2. The normalized spacial score (nSPS) is 20.2. The Morgan fingerprint density at radius 3 is 2.26 bits per heavy atom. The van der Waals surface area contributed by atoms with Crippen LogP contribution >= 0.6 is 0 Å². The minimum Gasteiger partial charge on any atom is -0.453 e. The maximum atomic E-state index is 13.4. The van der Waals surface area contributed by atoms with Gasteiger partial charge in [0, 0.05) is 24.5 Å². The molecule has 3 amide bonds. The zero-order valence-electron chi connectivity index (χ0n) is 22.5. The summed E-state index contributed by atoms with van der Waals surface area (Å²) in [5.41, 5.74) is 2.22. The van der Waals surface area contributed by atoms with Gasteiger partial charge < -0.3 is 25.2 Å². The van der Waals surface area contributed by atoms with Crippen molar-refractivity contribution in [2.24, 2.45) is 5.41 Å². The first kappa shape index (κ1) is 27.4. The Morgan fingerprint density at radius 2 is 1.63 bits per heavy atom. The molecule has 0 aromatic heterocycles. The van der Waals surface area contributed by atoms with Crippen molar-refractivity contribution in [1.82, 2.24) is 10.2 Å². The van der Waals surface area contributed by atoms with E-state index in [1.807, 2.05) is 57.2 Å². The fourth-order valence-corrected chi connectivity index (χ4v) is 5.36. The number of hydrogen-bond donors (Lipinski definition) is 2. The van der Waals surface area contributed by atoms with E-state index in [-0.39, 0.29) is 23.7 Å². The van der Waals surface area contributed by atoms with E-state index in [1.165, 1.54) is 19.2 Å². The number of anilines is 2. The minimum absolute atomic E-state index is 0.185. The van der Waals surface area contributed by atoms with Crippen LogP contribution in [0, 0.1) is 11.2 Å². The third-order valence-electron chi connectivity index (χ3n) is 7.37. The van der Waals surface area contributed by atoms with Crippen molar-refractivity contribution in [3.8, 4) is 0 Å². The van der Waals surface area contributed by atoms with Crippen LogP contribution in [0.15, 0.2) is 48.5 Å². The Kier molecular flexibility index (Phi) is 8.23. The standard InChI is InChI=1S/C29H37FN4O4/c1-29(2,3)25(32-28(37)38-4)27(36)34-18-6-8-24(34)26(35)31-21-13-9-19(10-14-21)23-7-5-17-33(23)22-15-11-20(30)12-16-22/h9-16,23-25H,5-8,17-18H2,1-4H3,(H,31,35)(H,32,37)/t23-,24+,25-/m1/s1. The highest BCUT2D eigenvalue weighted by Gasteiger charge is 2.42. The number of methoxy groups -OCH3 is 1. The summed E-state index contributed by atoms with van der Waals surface area (Å²) in [4.78, 5) is 42.4. The number of nitrogens with one attached hydrogen (secondary N) is 2. The second-order valence-electron chi connectivity index (χ2n) is 11.1. The highest BCUT2D eigenvalue weighted by molar-refractivity contribution is 5.98. The topological polar surface area (TPSA) is 91.0 Å². The molecule has 2 heterocycles. The summed E-state index contributed by atoms with van der Waals surface area (Å²) in [6.07, 6.45) is 2.63.